The van der Waals surface area contributed by atoms with E-state index >= 15 is 0 Å². The summed E-state index contributed by atoms with van der Waals surface area (Å²) in [4.78, 5) is 12.9. The molecular formula is C17H19N7O. The largest absolute Gasteiger partial charge is 0.320 e. The normalized spacial score (nSPS) is 10.9. The van der Waals surface area contributed by atoms with Gasteiger partial charge in [0.05, 0.1) is 46.9 Å². The molecule has 25 heavy (non-hydrogen) atoms. The third kappa shape index (κ3) is 3.23. The molecule has 8 nitrogen and oxygen atoms in total. The molecule has 0 spiro atoms. The Morgan fingerprint density at radius 1 is 1.08 bits per heavy atom. The van der Waals surface area contributed by atoms with Gasteiger partial charge in [0.15, 0.2) is 0 Å². The molecule has 0 saturated heterocycles. The molecule has 0 aliphatic heterocycles. The molecule has 1 N–H and O–H groups in total. The Kier molecular flexibility index (Phi) is 4.51. The van der Waals surface area contributed by atoms with Gasteiger partial charge < -0.3 is 5.32 Å². The van der Waals surface area contributed by atoms with Crippen LogP contribution in [0.25, 0.3) is 11.3 Å². The van der Waals surface area contributed by atoms with E-state index in [1.165, 1.54) is 6.20 Å². The molecule has 3 aromatic rings. The third-order valence-corrected chi connectivity index (χ3v) is 3.84. The van der Waals surface area contributed by atoms with Crippen LogP contribution in [0.5, 0.6) is 0 Å². The predicted octanol–water partition coefficient (Wildman–Crippen LogP) is 2.58. The van der Waals surface area contributed by atoms with Crippen LogP contribution in [0.3, 0.4) is 0 Å². The van der Waals surface area contributed by atoms with Crippen LogP contribution in [0.15, 0.2) is 30.7 Å². The van der Waals surface area contributed by atoms with Crippen LogP contribution < -0.4 is 5.32 Å². The van der Waals surface area contributed by atoms with Crippen LogP contribution in [0.4, 0.5) is 5.69 Å². The monoisotopic (exact) mass is 337 g/mol. The number of anilines is 1. The summed E-state index contributed by atoms with van der Waals surface area (Å²) in [5, 5.41) is 23.0. The smallest absolute Gasteiger partial charge is 0.259 e. The lowest BCUT2D eigenvalue weighted by Gasteiger charge is -2.14. The van der Waals surface area contributed by atoms with Gasteiger partial charge in [-0.05, 0) is 39.8 Å². The number of hydrogen-bond donors (Lipinski definition) is 1. The van der Waals surface area contributed by atoms with Crippen molar-refractivity contribution < 1.29 is 4.79 Å². The maximum absolute atomic E-state index is 12.9. The molecule has 0 fully saturated rings. The lowest BCUT2D eigenvalue weighted by molar-refractivity contribution is 0.102. The van der Waals surface area contributed by atoms with Gasteiger partial charge in [-0.2, -0.15) is 25.5 Å². The van der Waals surface area contributed by atoms with Crippen molar-refractivity contribution in [1.82, 2.24) is 30.2 Å². The van der Waals surface area contributed by atoms with E-state index < -0.39 is 0 Å². The fourth-order valence-corrected chi connectivity index (χ4v) is 2.57. The van der Waals surface area contributed by atoms with E-state index in [9.17, 15) is 4.79 Å². The van der Waals surface area contributed by atoms with Gasteiger partial charge in [-0.1, -0.05) is 0 Å². The molecule has 3 heterocycles. The number of aromatic nitrogens is 6. The quantitative estimate of drug-likeness (QED) is 0.785. The molecule has 3 aromatic heterocycles. The highest BCUT2D eigenvalue weighted by Gasteiger charge is 2.22. The zero-order valence-electron chi connectivity index (χ0n) is 14.6. The van der Waals surface area contributed by atoms with E-state index in [4.69, 9.17) is 0 Å². The second-order valence-electron chi connectivity index (χ2n) is 5.96. The van der Waals surface area contributed by atoms with Gasteiger partial charge in [0.2, 0.25) is 0 Å². The lowest BCUT2D eigenvalue weighted by Crippen LogP contribution is -2.15. The fraction of sp³-hybridized carbons (Fsp3) is 0.294. The molecule has 0 aliphatic rings. The summed E-state index contributed by atoms with van der Waals surface area (Å²) in [5.41, 5.74) is 4.03. The molecule has 0 bridgehead atoms. The molecule has 0 radical (unpaired) electrons. The number of hydrogen-bond acceptors (Lipinski definition) is 6. The Labute approximate surface area is 145 Å². The molecular weight excluding hydrogens is 318 g/mol. The first-order valence-electron chi connectivity index (χ1n) is 7.95. The number of rotatable bonds is 4. The van der Waals surface area contributed by atoms with Crippen molar-refractivity contribution in [2.45, 2.75) is 33.7 Å². The Balaban J connectivity index is 2.07. The molecule has 3 rings (SSSR count). The molecule has 0 aromatic carbocycles. The minimum Gasteiger partial charge on any atom is -0.320 e. The van der Waals surface area contributed by atoms with Crippen molar-refractivity contribution in [2.75, 3.05) is 5.32 Å². The van der Waals surface area contributed by atoms with E-state index in [-0.39, 0.29) is 11.9 Å². The Bertz CT molecular complexity index is 917. The third-order valence-electron chi connectivity index (χ3n) is 3.84. The van der Waals surface area contributed by atoms with Crippen LogP contribution in [0.1, 0.15) is 41.6 Å². The highest BCUT2D eigenvalue weighted by atomic mass is 16.1. The van der Waals surface area contributed by atoms with Gasteiger partial charge in [0.1, 0.15) is 0 Å². The van der Waals surface area contributed by atoms with Crippen LogP contribution in [0, 0.1) is 13.8 Å². The number of nitrogens with zero attached hydrogens (tertiary/aromatic N) is 6. The molecule has 0 saturated carbocycles. The summed E-state index contributed by atoms with van der Waals surface area (Å²) in [6.45, 7) is 7.68. The van der Waals surface area contributed by atoms with E-state index in [0.29, 0.717) is 16.9 Å². The van der Waals surface area contributed by atoms with E-state index in [1.54, 1.807) is 25.4 Å². The summed E-state index contributed by atoms with van der Waals surface area (Å²) in [6, 6.07) is 3.65. The minimum atomic E-state index is -0.255. The Morgan fingerprint density at radius 3 is 2.40 bits per heavy atom. The van der Waals surface area contributed by atoms with Gasteiger partial charge in [-0.15, -0.1) is 0 Å². The van der Waals surface area contributed by atoms with Crippen LogP contribution in [0.2, 0.25) is 0 Å². The van der Waals surface area contributed by atoms with Gasteiger partial charge in [0, 0.05) is 11.6 Å². The van der Waals surface area contributed by atoms with Crippen LogP contribution >= 0.6 is 0 Å². The second kappa shape index (κ2) is 6.76. The zero-order valence-corrected chi connectivity index (χ0v) is 14.6. The van der Waals surface area contributed by atoms with Crippen LogP contribution in [-0.2, 0) is 0 Å². The summed E-state index contributed by atoms with van der Waals surface area (Å²) >= 11 is 0. The highest BCUT2D eigenvalue weighted by Crippen LogP contribution is 2.28. The van der Waals surface area contributed by atoms with E-state index in [0.717, 1.165) is 17.0 Å². The summed E-state index contributed by atoms with van der Waals surface area (Å²) in [6.07, 6.45) is 4.73. The number of aryl methyl sites for hydroxylation is 2. The zero-order chi connectivity index (χ0) is 18.0. The van der Waals surface area contributed by atoms with Crippen molar-refractivity contribution in [3.05, 3.63) is 47.7 Å². The van der Waals surface area contributed by atoms with E-state index in [1.807, 2.05) is 31.5 Å². The van der Waals surface area contributed by atoms with E-state index in [2.05, 4.69) is 30.8 Å². The topological polar surface area (TPSA) is 98.5 Å². The van der Waals surface area contributed by atoms with Gasteiger partial charge in [-0.3, -0.25) is 9.48 Å². The average molecular weight is 337 g/mol. The van der Waals surface area contributed by atoms with Crippen molar-refractivity contribution >= 4 is 11.6 Å². The van der Waals surface area contributed by atoms with Crippen LogP contribution in [-0.4, -0.2) is 36.1 Å². The van der Waals surface area contributed by atoms with Gasteiger partial charge in [-0.25, -0.2) is 0 Å². The SMILES string of the molecule is Cc1nnccc1NC(=O)c1cnn(C(C)C)c1-c1ccnnc1C. The minimum absolute atomic E-state index is 0.0912. The molecule has 0 atom stereocenters. The maximum atomic E-state index is 12.9. The Morgan fingerprint density at radius 2 is 1.76 bits per heavy atom. The molecule has 8 heteroatoms. The summed E-state index contributed by atoms with van der Waals surface area (Å²) in [7, 11) is 0. The fourth-order valence-electron chi connectivity index (χ4n) is 2.57. The van der Waals surface area contributed by atoms with Crippen molar-refractivity contribution in [2.24, 2.45) is 0 Å². The van der Waals surface area contributed by atoms with Crippen molar-refractivity contribution in [3.8, 4) is 11.3 Å². The van der Waals surface area contributed by atoms with Crippen molar-refractivity contribution in [3.63, 3.8) is 0 Å². The first-order valence-corrected chi connectivity index (χ1v) is 7.95. The number of carbonyl (C=O) groups is 1. The summed E-state index contributed by atoms with van der Waals surface area (Å²) < 4.78 is 1.82. The maximum Gasteiger partial charge on any atom is 0.259 e. The lowest BCUT2D eigenvalue weighted by atomic mass is 10.1. The Hall–Kier alpha value is -3.16. The molecule has 0 aliphatic carbocycles. The van der Waals surface area contributed by atoms with Crippen molar-refractivity contribution in [1.29, 1.82) is 0 Å². The van der Waals surface area contributed by atoms with Gasteiger partial charge in [0.25, 0.3) is 5.91 Å². The standard InChI is InChI=1S/C17H19N7O/c1-10(2)24-16(13-5-7-18-22-11(13)3)14(9-20-24)17(25)21-15-6-8-19-23-12(15)4/h5-10H,1-4H3,(H,19,21,25). The molecule has 128 valence electrons. The number of amides is 1. The predicted molar refractivity (Wildman–Crippen MR) is 93.1 cm³/mol. The second-order valence-corrected chi connectivity index (χ2v) is 5.96. The highest BCUT2D eigenvalue weighted by molar-refractivity contribution is 6.08. The van der Waals surface area contributed by atoms with Gasteiger partial charge >= 0.3 is 0 Å². The number of carbonyl (C=O) groups excluding carboxylic acids is 1. The summed E-state index contributed by atoms with van der Waals surface area (Å²) in [5.74, 6) is -0.255. The first kappa shape index (κ1) is 16.7. The first-order chi connectivity index (χ1) is 12.0. The molecule has 1 amide bonds. The number of nitrogens with one attached hydrogen (secondary N) is 1. The average Bonchev–Trinajstić information content (AvgIpc) is 3.02. The molecule has 0 unspecified atom stereocenters.